The first-order chi connectivity index (χ1) is 6.70. The van der Waals surface area contributed by atoms with Crippen molar-refractivity contribution in [2.75, 3.05) is 18.1 Å². The zero-order valence-electron chi connectivity index (χ0n) is 7.79. The van der Waals surface area contributed by atoms with Gasteiger partial charge < -0.3 is 5.11 Å². The Morgan fingerprint density at radius 3 is 2.93 bits per heavy atom. The van der Waals surface area contributed by atoms with Crippen LogP contribution in [0.4, 0.5) is 5.95 Å². The van der Waals surface area contributed by atoms with Crippen LogP contribution in [-0.4, -0.2) is 44.4 Å². The first kappa shape index (κ1) is 9.07. The summed E-state index contributed by atoms with van der Waals surface area (Å²) in [6.07, 6.45) is 0.356. The van der Waals surface area contributed by atoms with Crippen molar-refractivity contribution in [3.63, 3.8) is 0 Å². The third-order valence-electron chi connectivity index (χ3n) is 2.20. The van der Waals surface area contributed by atoms with Gasteiger partial charge in [0.05, 0.1) is 7.05 Å². The van der Waals surface area contributed by atoms with Gasteiger partial charge in [0.25, 0.3) is 5.95 Å². The molecule has 1 aliphatic rings. The molecule has 1 aromatic rings. The van der Waals surface area contributed by atoms with E-state index in [4.69, 9.17) is 5.11 Å². The highest BCUT2D eigenvalue weighted by Crippen LogP contribution is 2.20. The van der Waals surface area contributed by atoms with E-state index in [-0.39, 0.29) is 18.4 Å². The summed E-state index contributed by atoms with van der Waals surface area (Å²) in [5.74, 6) is 0.247. The maximum Gasteiger partial charge on any atom is 0.272 e. The van der Waals surface area contributed by atoms with Gasteiger partial charge in [-0.2, -0.15) is 4.80 Å². The van der Waals surface area contributed by atoms with Gasteiger partial charge >= 0.3 is 0 Å². The summed E-state index contributed by atoms with van der Waals surface area (Å²) in [6, 6.07) is 0. The lowest BCUT2D eigenvalue weighted by molar-refractivity contribution is -0.117. The fraction of sp³-hybridized carbons (Fsp3) is 0.714. The topological polar surface area (TPSA) is 84.1 Å². The minimum absolute atomic E-state index is 0.00805. The molecule has 1 aliphatic heterocycles. The summed E-state index contributed by atoms with van der Waals surface area (Å²) in [5.41, 5.74) is 0. The number of aryl methyl sites for hydroxylation is 1. The molecule has 2 rings (SSSR count). The van der Waals surface area contributed by atoms with Crippen molar-refractivity contribution >= 4 is 11.9 Å². The molecule has 1 saturated heterocycles. The van der Waals surface area contributed by atoms with Crippen molar-refractivity contribution in [2.24, 2.45) is 13.0 Å². The maximum atomic E-state index is 11.5. The van der Waals surface area contributed by atoms with Gasteiger partial charge in [0.1, 0.15) is 0 Å². The molecule has 2 heterocycles. The summed E-state index contributed by atoms with van der Waals surface area (Å²) < 4.78 is 0. The lowest BCUT2D eigenvalue weighted by atomic mass is 10.1. The van der Waals surface area contributed by atoms with E-state index in [2.05, 4.69) is 15.4 Å². The first-order valence-electron chi connectivity index (χ1n) is 4.36. The highest BCUT2D eigenvalue weighted by atomic mass is 16.3. The standard InChI is InChI=1S/C7H11N5O2/c1-11-9-7(8-10-11)12-3-5(4-13)2-6(12)14/h5,13H,2-4H2,1H3. The van der Waals surface area contributed by atoms with Crippen LogP contribution in [0.1, 0.15) is 6.42 Å². The Labute approximate surface area is 80.3 Å². The summed E-state index contributed by atoms with van der Waals surface area (Å²) in [4.78, 5) is 14.2. The van der Waals surface area contributed by atoms with E-state index in [0.717, 1.165) is 0 Å². The first-order valence-corrected chi connectivity index (χ1v) is 4.36. The lowest BCUT2D eigenvalue weighted by Crippen LogP contribution is -2.26. The van der Waals surface area contributed by atoms with Gasteiger partial charge in [-0.05, 0) is 5.21 Å². The Morgan fingerprint density at radius 2 is 2.43 bits per heavy atom. The summed E-state index contributed by atoms with van der Waals surface area (Å²) in [7, 11) is 1.64. The normalized spacial score (nSPS) is 22.0. The zero-order chi connectivity index (χ0) is 10.1. The number of anilines is 1. The molecule has 14 heavy (non-hydrogen) atoms. The molecule has 76 valence electrons. The number of carbonyl (C=O) groups is 1. The van der Waals surface area contributed by atoms with Gasteiger partial charge in [0.2, 0.25) is 5.91 Å². The zero-order valence-corrected chi connectivity index (χ0v) is 7.79. The number of hydrogen-bond donors (Lipinski definition) is 1. The minimum Gasteiger partial charge on any atom is -0.396 e. The van der Waals surface area contributed by atoms with E-state index in [1.807, 2.05) is 0 Å². The van der Waals surface area contributed by atoms with Crippen LogP contribution in [0.3, 0.4) is 0 Å². The third-order valence-corrected chi connectivity index (χ3v) is 2.20. The van der Waals surface area contributed by atoms with Crippen LogP contribution in [-0.2, 0) is 11.8 Å². The van der Waals surface area contributed by atoms with Gasteiger partial charge in [-0.1, -0.05) is 5.10 Å². The van der Waals surface area contributed by atoms with Crippen molar-refractivity contribution in [2.45, 2.75) is 6.42 Å². The number of hydrogen-bond acceptors (Lipinski definition) is 5. The number of rotatable bonds is 2. The van der Waals surface area contributed by atoms with Crippen molar-refractivity contribution in [1.82, 2.24) is 20.2 Å². The average Bonchev–Trinajstić information content (AvgIpc) is 2.71. The molecule has 7 nitrogen and oxygen atoms in total. The fourth-order valence-electron chi connectivity index (χ4n) is 1.48. The second-order valence-electron chi connectivity index (χ2n) is 3.34. The Balaban J connectivity index is 2.16. The minimum atomic E-state index is -0.0583. The molecule has 1 atom stereocenters. The Bertz CT molecular complexity index is 350. The van der Waals surface area contributed by atoms with Gasteiger partial charge in [-0.15, -0.1) is 5.10 Å². The summed E-state index contributed by atoms with van der Waals surface area (Å²) in [6.45, 7) is 0.490. The van der Waals surface area contributed by atoms with Crippen LogP contribution in [0.2, 0.25) is 0 Å². The smallest absolute Gasteiger partial charge is 0.272 e. The second-order valence-corrected chi connectivity index (χ2v) is 3.34. The molecule has 1 amide bonds. The monoisotopic (exact) mass is 197 g/mol. The van der Waals surface area contributed by atoms with E-state index >= 15 is 0 Å². The second kappa shape index (κ2) is 3.33. The van der Waals surface area contributed by atoms with Crippen molar-refractivity contribution < 1.29 is 9.90 Å². The molecule has 1 N–H and O–H groups in total. The highest BCUT2D eigenvalue weighted by molar-refractivity contribution is 5.93. The third kappa shape index (κ3) is 1.46. The van der Waals surface area contributed by atoms with Crippen LogP contribution < -0.4 is 4.90 Å². The number of aromatic nitrogens is 4. The van der Waals surface area contributed by atoms with Gasteiger partial charge in [0, 0.05) is 25.5 Å². The number of aliphatic hydroxyl groups excluding tert-OH is 1. The molecular weight excluding hydrogens is 186 g/mol. The fourth-order valence-corrected chi connectivity index (χ4v) is 1.48. The van der Waals surface area contributed by atoms with Gasteiger partial charge in [0.15, 0.2) is 0 Å². The Morgan fingerprint density at radius 1 is 1.64 bits per heavy atom. The molecule has 7 heteroatoms. The molecule has 0 bridgehead atoms. The van der Waals surface area contributed by atoms with E-state index in [9.17, 15) is 4.79 Å². The lowest BCUT2D eigenvalue weighted by Gasteiger charge is -2.09. The predicted molar refractivity (Wildman–Crippen MR) is 46.3 cm³/mol. The van der Waals surface area contributed by atoms with E-state index in [1.54, 1.807) is 7.05 Å². The SMILES string of the molecule is Cn1nnc(N2CC(CO)CC2=O)n1. The van der Waals surface area contributed by atoms with Crippen LogP contribution in [0.15, 0.2) is 0 Å². The van der Waals surface area contributed by atoms with E-state index in [1.165, 1.54) is 9.70 Å². The molecule has 0 aromatic carbocycles. The molecule has 0 radical (unpaired) electrons. The number of tetrazole rings is 1. The van der Waals surface area contributed by atoms with E-state index in [0.29, 0.717) is 18.9 Å². The number of carbonyl (C=O) groups excluding carboxylic acids is 1. The summed E-state index contributed by atoms with van der Waals surface area (Å²) >= 11 is 0. The van der Waals surface area contributed by atoms with E-state index < -0.39 is 0 Å². The van der Waals surface area contributed by atoms with Crippen LogP contribution in [0, 0.1) is 5.92 Å². The number of amides is 1. The Kier molecular flexibility index (Phi) is 2.16. The quantitative estimate of drug-likeness (QED) is 0.627. The molecule has 0 spiro atoms. The average molecular weight is 197 g/mol. The molecule has 1 fully saturated rings. The molecule has 1 unspecified atom stereocenters. The molecule has 0 aliphatic carbocycles. The van der Waals surface area contributed by atoms with Gasteiger partial charge in [-0.3, -0.25) is 9.69 Å². The number of aliphatic hydroxyl groups is 1. The molecule has 1 aromatic heterocycles. The molecule has 0 saturated carbocycles. The molecular formula is C7H11N5O2. The van der Waals surface area contributed by atoms with Gasteiger partial charge in [-0.25, -0.2) is 0 Å². The van der Waals surface area contributed by atoms with Crippen LogP contribution >= 0.6 is 0 Å². The van der Waals surface area contributed by atoms with Crippen molar-refractivity contribution in [3.05, 3.63) is 0 Å². The number of nitrogens with zero attached hydrogens (tertiary/aromatic N) is 5. The van der Waals surface area contributed by atoms with Crippen LogP contribution in [0.25, 0.3) is 0 Å². The summed E-state index contributed by atoms with van der Waals surface area (Å²) in [5, 5.41) is 20.2. The maximum absolute atomic E-state index is 11.5. The van der Waals surface area contributed by atoms with Crippen molar-refractivity contribution in [1.29, 1.82) is 0 Å². The Hall–Kier alpha value is -1.50. The largest absolute Gasteiger partial charge is 0.396 e. The van der Waals surface area contributed by atoms with Crippen LogP contribution in [0.5, 0.6) is 0 Å². The van der Waals surface area contributed by atoms with Crippen molar-refractivity contribution in [3.8, 4) is 0 Å². The predicted octanol–water partition coefficient (Wildman–Crippen LogP) is -1.44. The highest BCUT2D eigenvalue weighted by Gasteiger charge is 2.32.